The number of carbonyl (C=O) groups is 3. The van der Waals surface area contributed by atoms with Crippen LogP contribution in [0.1, 0.15) is 201 Å². The molecular weight excluding hydrogens is 1050 g/mol. The van der Waals surface area contributed by atoms with E-state index in [1.165, 1.54) is 149 Å². The molecule has 0 unspecified atom stereocenters. The van der Waals surface area contributed by atoms with Crippen LogP contribution < -0.4 is 14.0 Å². The van der Waals surface area contributed by atoms with Crippen LogP contribution in [0, 0.1) is 0 Å². The van der Waals surface area contributed by atoms with Gasteiger partial charge in [0.2, 0.25) is 0 Å². The number of aliphatic carboxylic acids is 2. The summed E-state index contributed by atoms with van der Waals surface area (Å²) < 4.78 is 4.53. The van der Waals surface area contributed by atoms with E-state index in [4.69, 9.17) is 5.11 Å². The summed E-state index contributed by atoms with van der Waals surface area (Å²) in [6, 6.07) is 30.0. The normalized spacial score (nSPS) is 11.1. The second-order valence-corrected chi connectivity index (χ2v) is 19.7. The van der Waals surface area contributed by atoms with Crippen LogP contribution in [0.2, 0.25) is 0 Å². The van der Waals surface area contributed by atoms with Gasteiger partial charge in [-0.25, -0.2) is 0 Å². The molecule has 0 bridgehead atoms. The van der Waals surface area contributed by atoms with E-state index in [2.05, 4.69) is 108 Å². The molecule has 1 radical (unpaired) electrons. The zero-order chi connectivity index (χ0) is 53.4. The average Bonchev–Trinajstić information content (AvgIpc) is 3.42. The van der Waals surface area contributed by atoms with Gasteiger partial charge in [0, 0.05) is 35.1 Å². The van der Waals surface area contributed by atoms with Gasteiger partial charge in [0.15, 0.2) is 0 Å². The zero-order valence-electron chi connectivity index (χ0n) is 44.7. The Morgan fingerprint density at radius 3 is 1.25 bits per heavy atom. The van der Waals surface area contributed by atoms with E-state index in [0.29, 0.717) is 5.52 Å². The van der Waals surface area contributed by atoms with E-state index in [-0.39, 0.29) is 41.4 Å². The number of aromatic carboxylic acids is 1. The van der Waals surface area contributed by atoms with Crippen molar-refractivity contribution in [2.75, 3.05) is 0 Å². The van der Waals surface area contributed by atoms with Gasteiger partial charge in [-0.2, -0.15) is 0 Å². The molecule has 1 N–H and O–H groups in total. The van der Waals surface area contributed by atoms with Gasteiger partial charge in [-0.15, -0.1) is 0 Å². The van der Waals surface area contributed by atoms with Crippen molar-refractivity contribution >= 4 is 50.6 Å². The number of allylic oxidation sites excluding steroid dienone is 4. The summed E-state index contributed by atoms with van der Waals surface area (Å²) in [6.45, 7) is 0. The fraction of sp³-hybridized carbons (Fsp3) is 0.469. The van der Waals surface area contributed by atoms with E-state index in [9.17, 15) is 24.6 Å². The number of pyridine rings is 3. The molecule has 0 saturated carbocycles. The van der Waals surface area contributed by atoms with Gasteiger partial charge in [-0.1, -0.05) is 163 Å². The molecule has 0 fully saturated rings. The number of para-hydroxylation sites is 3. The average molecular weight is 1130 g/mol. The Hall–Kier alpha value is -5.38. The summed E-state index contributed by atoms with van der Waals surface area (Å²) in [5.41, 5.74) is 5.54. The van der Waals surface area contributed by atoms with Gasteiger partial charge in [-0.05, 0) is 126 Å². The van der Waals surface area contributed by atoms with Crippen LogP contribution >= 0.6 is 0 Å². The van der Waals surface area contributed by atoms with Crippen molar-refractivity contribution in [1.29, 1.82) is 0 Å². The zero-order valence-corrected chi connectivity index (χ0v) is 46.6. The molecule has 12 heteroatoms. The third-order valence-corrected chi connectivity index (χ3v) is 13.6. The first-order chi connectivity index (χ1) is 36.8. The number of unbranched alkanes of at least 4 members (excludes halogenated alkanes) is 22. The predicted molar refractivity (Wildman–Crippen MR) is 298 cm³/mol. The molecule has 0 atom stereocenters. The van der Waals surface area contributed by atoms with E-state index in [0.717, 1.165) is 69.6 Å². The van der Waals surface area contributed by atoms with Gasteiger partial charge >= 0.3 is 111 Å². The van der Waals surface area contributed by atoms with Crippen molar-refractivity contribution in [2.24, 2.45) is 0 Å². The number of carbonyl (C=O) groups excluding carboxylic acids is 2. The Balaban J connectivity index is 0.000000314. The molecular formula is C64H82Cu2N3O7. The molecule has 0 spiro atoms. The molecule has 417 valence electrons. The number of benzene rings is 3. The molecule has 0 aliphatic carbocycles. The van der Waals surface area contributed by atoms with Gasteiger partial charge in [0.25, 0.3) is 0 Å². The number of fused-ring (bicyclic) bond motifs is 3. The Morgan fingerprint density at radius 1 is 0.474 bits per heavy atom. The van der Waals surface area contributed by atoms with E-state index in [1.807, 2.05) is 36.7 Å². The fourth-order valence-corrected chi connectivity index (χ4v) is 9.35. The molecule has 6 rings (SSSR count). The maximum atomic E-state index is 10.8. The molecule has 0 saturated heterocycles. The number of carboxylic acid groups (broad SMARTS) is 3. The van der Waals surface area contributed by atoms with Crippen LogP contribution in [0.25, 0.3) is 32.7 Å². The quantitative estimate of drug-likeness (QED) is 0.0227. The molecule has 10 nitrogen and oxygen atoms in total. The van der Waals surface area contributed by atoms with E-state index < -0.39 is 17.9 Å². The molecule has 0 aliphatic rings. The van der Waals surface area contributed by atoms with Crippen molar-refractivity contribution in [3.63, 3.8) is 0 Å². The Bertz CT molecular complexity index is 2460. The van der Waals surface area contributed by atoms with Crippen LogP contribution in [-0.4, -0.2) is 38.0 Å². The number of aryl methyl sites for hydroxylation is 2. The summed E-state index contributed by atoms with van der Waals surface area (Å²) in [4.78, 5) is 44.5. The summed E-state index contributed by atoms with van der Waals surface area (Å²) in [6.07, 6.45) is 46.9. The van der Waals surface area contributed by atoms with Crippen molar-refractivity contribution < 1.29 is 66.9 Å². The van der Waals surface area contributed by atoms with E-state index in [1.54, 1.807) is 18.2 Å². The van der Waals surface area contributed by atoms with Crippen LogP contribution in [0.15, 0.2) is 128 Å². The Labute approximate surface area is 472 Å². The minimum atomic E-state index is -1.16. The summed E-state index contributed by atoms with van der Waals surface area (Å²) in [7, 11) is 0. The number of hydrogen-bond acceptors (Lipinski definition) is 9. The molecule has 76 heavy (non-hydrogen) atoms. The van der Waals surface area contributed by atoms with Crippen LogP contribution in [0.3, 0.4) is 0 Å². The number of aromatic nitrogens is 3. The van der Waals surface area contributed by atoms with Gasteiger partial charge in [0.1, 0.15) is 0 Å². The standard InChI is InChI=1S/2C27H39NO2.C10H7NO3.2Cu/c2*29-26(30)22-15-13-11-9-7-5-3-1-2-4-6-8-10-12-14-18-24-19-16-20-25-21-17-23-28-27(24)25;12-8-5-6-3-1-2-4-7(6)11-9(8)10(13)14;;/h2*1,3,16-17,19-21,23H,2,4-15,18,22H2,(H,29,30);1-5,12H,(H,13,14);;/q;;;+1;+2/p-3/b2*3-1-;;;. The van der Waals surface area contributed by atoms with Crippen LogP contribution in [0.4, 0.5) is 0 Å². The largest absolute Gasteiger partial charge is 2.00 e. The third kappa shape index (κ3) is 28.1. The van der Waals surface area contributed by atoms with Crippen molar-refractivity contribution in [2.45, 2.75) is 193 Å². The first kappa shape index (κ1) is 64.9. The Kier molecular flexibility index (Phi) is 35.6. The van der Waals surface area contributed by atoms with E-state index >= 15 is 0 Å². The molecule has 3 aromatic carbocycles. The van der Waals surface area contributed by atoms with Crippen LogP contribution in [0.5, 0.6) is 5.75 Å². The van der Waals surface area contributed by atoms with Gasteiger partial charge in [-0.3, -0.25) is 9.97 Å². The second-order valence-electron chi connectivity index (χ2n) is 19.5. The molecule has 0 amide bonds. The summed E-state index contributed by atoms with van der Waals surface area (Å²) >= 11 is 4.53. The summed E-state index contributed by atoms with van der Waals surface area (Å²) in [5, 5.41) is 32.8. The predicted octanol–water partition coefficient (Wildman–Crippen LogP) is 14.9. The third-order valence-electron chi connectivity index (χ3n) is 13.4. The monoisotopic (exact) mass is 1130 g/mol. The van der Waals surface area contributed by atoms with Crippen molar-refractivity contribution in [3.05, 3.63) is 145 Å². The number of hydrogen-bond donors (Lipinski definition) is 1. The minimum Gasteiger partial charge on any atom is -0.550 e. The summed E-state index contributed by atoms with van der Waals surface area (Å²) in [5.74, 6) is -2.91. The van der Waals surface area contributed by atoms with Gasteiger partial charge in [0.05, 0.1) is 11.0 Å². The SMILES string of the molecule is O=C(O)c1nc2ccccc2cc1[O][Cu].O=C([O-])CCCCCCC/C=C\CCCCCCCCc1cccc2cccnc12.O=C([O-])CCCCCCC/C=C\CCCCCCCCc1cccc2cccnc12.[Cu+2]. The van der Waals surface area contributed by atoms with Crippen molar-refractivity contribution in [3.8, 4) is 5.75 Å². The number of nitrogens with zero attached hydrogens (tertiary/aromatic N) is 3. The first-order valence-electron chi connectivity index (χ1n) is 28.0. The molecule has 6 aromatic rings. The minimum absolute atomic E-state index is 0. The maximum absolute atomic E-state index is 10.8. The maximum Gasteiger partial charge on any atom is 2.00 e. The smallest absolute Gasteiger partial charge is 0.550 e. The molecule has 3 aromatic heterocycles. The first-order valence-corrected chi connectivity index (χ1v) is 28.4. The van der Waals surface area contributed by atoms with Crippen LogP contribution in [-0.2, 0) is 55.8 Å². The Morgan fingerprint density at radius 2 is 0.842 bits per heavy atom. The molecule has 3 heterocycles. The number of rotatable bonds is 36. The fourth-order valence-electron chi connectivity index (χ4n) is 9.20. The van der Waals surface area contributed by atoms with Crippen molar-refractivity contribution in [1.82, 2.24) is 15.0 Å². The molecule has 0 aliphatic heterocycles. The topological polar surface area (TPSA) is 165 Å². The van der Waals surface area contributed by atoms with Gasteiger partial charge < -0.3 is 19.8 Å². The number of carboxylic acids is 3. The second kappa shape index (κ2) is 41.7.